The molecule has 0 aliphatic rings. The minimum atomic E-state index is -4.58. The monoisotopic (exact) mass is 411 g/mol. The lowest BCUT2D eigenvalue weighted by Crippen LogP contribution is -2.39. The Morgan fingerprint density at radius 1 is 0.966 bits per heavy atom. The normalized spacial score (nSPS) is 11.4. The number of halogens is 4. The summed E-state index contributed by atoms with van der Waals surface area (Å²) < 4.78 is 51.7. The average Bonchev–Trinajstić information content (AvgIpc) is 2.62. The highest BCUT2D eigenvalue weighted by Crippen LogP contribution is 2.34. The molecular weight excluding hydrogens is 390 g/mol. The number of alkyl halides is 3. The van der Waals surface area contributed by atoms with Crippen LogP contribution in [0.5, 0.6) is 0 Å². The summed E-state index contributed by atoms with van der Waals surface area (Å²) >= 11 is 0. The van der Waals surface area contributed by atoms with E-state index in [2.05, 4.69) is 10.6 Å². The highest BCUT2D eigenvalue weighted by molar-refractivity contribution is 5.93. The summed E-state index contributed by atoms with van der Waals surface area (Å²) in [6.45, 7) is -0.0151. The standard InChI is InChI=1S/C20H21F4N3O2/c1-27(12-18(28)25-11-10-14-6-8-15(21)9-7-14)13-19(29)26-17-5-3-2-4-16(17)20(22,23)24/h2-9H,10-13H2,1H3,(H,25,28)(H,26,29). The lowest BCUT2D eigenvalue weighted by molar-refractivity contribution is -0.137. The Morgan fingerprint density at radius 3 is 2.24 bits per heavy atom. The van der Waals surface area contributed by atoms with Gasteiger partial charge in [-0.05, 0) is 43.3 Å². The van der Waals surface area contributed by atoms with E-state index in [1.807, 2.05) is 0 Å². The number of rotatable bonds is 8. The van der Waals surface area contributed by atoms with Crippen LogP contribution in [0.4, 0.5) is 23.2 Å². The highest BCUT2D eigenvalue weighted by Gasteiger charge is 2.33. The Hall–Kier alpha value is -2.94. The Morgan fingerprint density at radius 2 is 1.59 bits per heavy atom. The van der Waals surface area contributed by atoms with Crippen LogP contribution >= 0.6 is 0 Å². The molecular formula is C20H21F4N3O2. The second kappa shape index (κ2) is 10.0. The first kappa shape index (κ1) is 22.4. The summed E-state index contributed by atoms with van der Waals surface area (Å²) in [4.78, 5) is 25.3. The van der Waals surface area contributed by atoms with Crippen LogP contribution < -0.4 is 10.6 Å². The van der Waals surface area contributed by atoms with Crippen molar-refractivity contribution in [1.82, 2.24) is 10.2 Å². The number of likely N-dealkylation sites (N-methyl/N-ethyl adjacent to an activating group) is 1. The number of carbonyl (C=O) groups is 2. The van der Waals surface area contributed by atoms with E-state index >= 15 is 0 Å². The largest absolute Gasteiger partial charge is 0.418 e. The quantitative estimate of drug-likeness (QED) is 0.657. The molecule has 2 N–H and O–H groups in total. The lowest BCUT2D eigenvalue weighted by Gasteiger charge is -2.17. The molecule has 2 rings (SSSR count). The first-order valence-electron chi connectivity index (χ1n) is 8.81. The van der Waals surface area contributed by atoms with Crippen molar-refractivity contribution in [3.05, 3.63) is 65.5 Å². The van der Waals surface area contributed by atoms with E-state index in [1.165, 1.54) is 42.3 Å². The predicted octanol–water partition coefficient (Wildman–Crippen LogP) is 3.07. The van der Waals surface area contributed by atoms with Gasteiger partial charge in [-0.15, -0.1) is 0 Å². The van der Waals surface area contributed by atoms with Crippen LogP contribution in [-0.2, 0) is 22.2 Å². The summed E-state index contributed by atoms with van der Waals surface area (Å²) in [5.74, 6) is -1.34. The molecule has 2 aromatic rings. The third kappa shape index (κ3) is 7.53. The molecule has 29 heavy (non-hydrogen) atoms. The van der Waals surface area contributed by atoms with Crippen LogP contribution in [0.3, 0.4) is 0 Å². The van der Waals surface area contributed by atoms with E-state index in [1.54, 1.807) is 12.1 Å². The van der Waals surface area contributed by atoms with E-state index in [0.717, 1.165) is 11.6 Å². The molecule has 0 radical (unpaired) electrons. The van der Waals surface area contributed by atoms with Gasteiger partial charge in [0.2, 0.25) is 11.8 Å². The number of anilines is 1. The highest BCUT2D eigenvalue weighted by atomic mass is 19.4. The summed E-state index contributed by atoms with van der Waals surface area (Å²) in [5, 5.41) is 4.90. The Balaban J connectivity index is 1.77. The van der Waals surface area contributed by atoms with Crippen LogP contribution in [0.2, 0.25) is 0 Å². The number of nitrogens with zero attached hydrogens (tertiary/aromatic N) is 1. The first-order chi connectivity index (χ1) is 13.6. The maximum absolute atomic E-state index is 13.0. The Labute approximate surface area is 165 Å². The minimum Gasteiger partial charge on any atom is -0.355 e. The molecule has 0 heterocycles. The molecule has 0 aliphatic carbocycles. The number of nitrogens with one attached hydrogen (secondary N) is 2. The molecule has 9 heteroatoms. The van der Waals surface area contributed by atoms with Gasteiger partial charge in [0.25, 0.3) is 0 Å². The van der Waals surface area contributed by atoms with E-state index in [9.17, 15) is 27.2 Å². The maximum Gasteiger partial charge on any atom is 0.418 e. The number of benzene rings is 2. The molecule has 156 valence electrons. The van der Waals surface area contributed by atoms with Gasteiger partial charge in [-0.1, -0.05) is 24.3 Å². The smallest absolute Gasteiger partial charge is 0.355 e. The molecule has 0 atom stereocenters. The molecule has 0 unspecified atom stereocenters. The van der Waals surface area contributed by atoms with E-state index in [4.69, 9.17) is 0 Å². The van der Waals surface area contributed by atoms with Crippen LogP contribution in [0.25, 0.3) is 0 Å². The molecule has 0 saturated heterocycles. The van der Waals surface area contributed by atoms with Gasteiger partial charge in [0.1, 0.15) is 5.82 Å². The Kier molecular flexibility index (Phi) is 7.72. The number of hydrogen-bond donors (Lipinski definition) is 2. The van der Waals surface area contributed by atoms with Crippen LogP contribution in [-0.4, -0.2) is 43.4 Å². The van der Waals surface area contributed by atoms with Gasteiger partial charge in [-0.3, -0.25) is 14.5 Å². The van der Waals surface area contributed by atoms with Gasteiger partial charge in [0.15, 0.2) is 0 Å². The van der Waals surface area contributed by atoms with Crippen molar-refractivity contribution in [2.24, 2.45) is 0 Å². The fourth-order valence-electron chi connectivity index (χ4n) is 2.63. The van der Waals surface area contributed by atoms with Crippen molar-refractivity contribution in [1.29, 1.82) is 0 Å². The molecule has 0 spiro atoms. The van der Waals surface area contributed by atoms with Gasteiger partial charge >= 0.3 is 6.18 Å². The molecule has 0 aromatic heterocycles. The van der Waals surface area contributed by atoms with Gasteiger partial charge in [0, 0.05) is 6.54 Å². The molecule has 0 bridgehead atoms. The summed E-state index contributed by atoms with van der Waals surface area (Å²) in [6, 6.07) is 10.6. The first-order valence-corrected chi connectivity index (χ1v) is 8.81. The van der Waals surface area contributed by atoms with Crippen molar-refractivity contribution in [2.75, 3.05) is 32.0 Å². The Bertz CT molecular complexity index is 838. The van der Waals surface area contributed by atoms with Gasteiger partial charge in [-0.25, -0.2) is 4.39 Å². The number of hydrogen-bond acceptors (Lipinski definition) is 3. The molecule has 0 fully saturated rings. The van der Waals surface area contributed by atoms with Gasteiger partial charge in [-0.2, -0.15) is 13.2 Å². The minimum absolute atomic E-state index is 0.0994. The van der Waals surface area contributed by atoms with Crippen LogP contribution in [0.15, 0.2) is 48.5 Å². The van der Waals surface area contributed by atoms with Gasteiger partial charge in [0.05, 0.1) is 24.3 Å². The second-order valence-electron chi connectivity index (χ2n) is 6.49. The van der Waals surface area contributed by atoms with Crippen molar-refractivity contribution >= 4 is 17.5 Å². The maximum atomic E-state index is 13.0. The van der Waals surface area contributed by atoms with E-state index < -0.39 is 17.6 Å². The summed E-state index contributed by atoms with van der Waals surface area (Å²) in [5.41, 5.74) is -0.403. The zero-order valence-corrected chi connectivity index (χ0v) is 15.7. The average molecular weight is 411 g/mol. The van der Waals surface area contributed by atoms with Crippen molar-refractivity contribution in [3.8, 4) is 0 Å². The summed E-state index contributed by atoms with van der Waals surface area (Å²) in [7, 11) is 1.51. The number of carbonyl (C=O) groups excluding carboxylic acids is 2. The molecule has 0 aliphatic heterocycles. The predicted molar refractivity (Wildman–Crippen MR) is 101 cm³/mol. The fraction of sp³-hybridized carbons (Fsp3) is 0.300. The third-order valence-corrected chi connectivity index (χ3v) is 3.98. The van der Waals surface area contributed by atoms with Crippen LogP contribution in [0, 0.1) is 5.82 Å². The molecule has 0 saturated carbocycles. The SMILES string of the molecule is CN(CC(=O)NCCc1ccc(F)cc1)CC(=O)Nc1ccccc1C(F)(F)F. The molecule has 2 aromatic carbocycles. The molecule has 2 amide bonds. The van der Waals surface area contributed by atoms with Gasteiger partial charge < -0.3 is 10.6 Å². The third-order valence-electron chi connectivity index (χ3n) is 3.98. The zero-order valence-electron chi connectivity index (χ0n) is 15.7. The van der Waals surface area contributed by atoms with Crippen molar-refractivity contribution in [2.45, 2.75) is 12.6 Å². The summed E-state index contributed by atoms with van der Waals surface area (Å²) in [6.07, 6.45) is -4.06. The van der Waals surface area contributed by atoms with Crippen molar-refractivity contribution < 1.29 is 27.2 Å². The van der Waals surface area contributed by atoms with E-state index in [0.29, 0.717) is 13.0 Å². The lowest BCUT2D eigenvalue weighted by atomic mass is 10.1. The second-order valence-corrected chi connectivity index (χ2v) is 6.49. The zero-order chi connectivity index (χ0) is 21.4. The topological polar surface area (TPSA) is 61.4 Å². The van der Waals surface area contributed by atoms with Crippen LogP contribution in [0.1, 0.15) is 11.1 Å². The number of amides is 2. The number of para-hydroxylation sites is 1. The fourth-order valence-corrected chi connectivity index (χ4v) is 2.63. The van der Waals surface area contributed by atoms with E-state index in [-0.39, 0.29) is 30.5 Å². The van der Waals surface area contributed by atoms with Crippen molar-refractivity contribution in [3.63, 3.8) is 0 Å². The molecule has 5 nitrogen and oxygen atoms in total.